The van der Waals surface area contributed by atoms with E-state index in [1.807, 2.05) is 42.5 Å². The third kappa shape index (κ3) is 2.88. The second-order valence-corrected chi connectivity index (χ2v) is 5.09. The number of carbonyl (C=O) groups excluding carboxylic acids is 1. The summed E-state index contributed by atoms with van der Waals surface area (Å²) in [6.45, 7) is 0.448. The Labute approximate surface area is 127 Å². The number of pyridine rings is 1. The monoisotopic (exact) mass is 296 g/mol. The summed E-state index contributed by atoms with van der Waals surface area (Å²) in [5.74, 6) is -0.119. The number of fused-ring (bicyclic) bond motifs is 1. The molecule has 0 bridgehead atoms. The van der Waals surface area contributed by atoms with Crippen molar-refractivity contribution >= 4 is 28.3 Å². The normalized spacial score (nSPS) is 10.5. The van der Waals surface area contributed by atoms with Gasteiger partial charge in [-0.3, -0.25) is 9.78 Å². The minimum Gasteiger partial charge on any atom is -0.348 e. The molecule has 104 valence electrons. The Hall–Kier alpha value is -2.39. The molecule has 4 heteroatoms. The molecule has 0 saturated heterocycles. The van der Waals surface area contributed by atoms with E-state index in [2.05, 4.69) is 10.3 Å². The van der Waals surface area contributed by atoms with Gasteiger partial charge in [-0.05, 0) is 29.1 Å². The van der Waals surface area contributed by atoms with Crippen LogP contribution in [0.4, 0.5) is 0 Å². The van der Waals surface area contributed by atoms with Gasteiger partial charge in [0.2, 0.25) is 0 Å². The number of aromatic nitrogens is 1. The molecule has 1 heterocycles. The number of carbonyl (C=O) groups is 1. The molecule has 21 heavy (non-hydrogen) atoms. The maximum atomic E-state index is 12.4. The van der Waals surface area contributed by atoms with Crippen molar-refractivity contribution in [2.24, 2.45) is 0 Å². The Bertz CT molecular complexity index is 787. The van der Waals surface area contributed by atoms with Gasteiger partial charge in [-0.25, -0.2) is 0 Å². The highest BCUT2D eigenvalue weighted by atomic mass is 35.5. The summed E-state index contributed by atoms with van der Waals surface area (Å²) in [5.41, 5.74) is 1.59. The van der Waals surface area contributed by atoms with Crippen LogP contribution in [0, 0.1) is 0 Å². The molecular weight excluding hydrogens is 284 g/mol. The summed E-state index contributed by atoms with van der Waals surface area (Å²) < 4.78 is 0. The highest BCUT2D eigenvalue weighted by Crippen LogP contribution is 2.25. The lowest BCUT2D eigenvalue weighted by Crippen LogP contribution is -2.23. The predicted octanol–water partition coefficient (Wildman–Crippen LogP) is 3.82. The van der Waals surface area contributed by atoms with Gasteiger partial charge in [-0.2, -0.15) is 0 Å². The van der Waals surface area contributed by atoms with Crippen molar-refractivity contribution in [3.63, 3.8) is 0 Å². The maximum Gasteiger partial charge on any atom is 0.252 e. The summed E-state index contributed by atoms with van der Waals surface area (Å²) >= 11 is 6.17. The SMILES string of the molecule is O=C(NCc1cccnc1)c1cccc2c(Cl)cccc12. The molecule has 0 radical (unpaired) electrons. The molecule has 2 aromatic carbocycles. The molecule has 0 saturated carbocycles. The zero-order valence-electron chi connectivity index (χ0n) is 11.2. The highest BCUT2D eigenvalue weighted by molar-refractivity contribution is 6.36. The zero-order valence-corrected chi connectivity index (χ0v) is 12.0. The Morgan fingerprint density at radius 3 is 2.67 bits per heavy atom. The third-order valence-corrected chi connectivity index (χ3v) is 3.62. The van der Waals surface area contributed by atoms with E-state index in [1.54, 1.807) is 18.5 Å². The number of rotatable bonds is 3. The summed E-state index contributed by atoms with van der Waals surface area (Å²) in [7, 11) is 0. The van der Waals surface area contributed by atoms with E-state index in [4.69, 9.17) is 11.6 Å². The van der Waals surface area contributed by atoms with Gasteiger partial charge in [-0.15, -0.1) is 0 Å². The fraction of sp³-hybridized carbons (Fsp3) is 0.0588. The van der Waals surface area contributed by atoms with Crippen molar-refractivity contribution < 1.29 is 4.79 Å². The smallest absolute Gasteiger partial charge is 0.252 e. The average molecular weight is 297 g/mol. The summed E-state index contributed by atoms with van der Waals surface area (Å²) in [6, 6.07) is 14.9. The van der Waals surface area contributed by atoms with E-state index < -0.39 is 0 Å². The first-order chi connectivity index (χ1) is 10.3. The van der Waals surface area contributed by atoms with Gasteiger partial charge in [0.15, 0.2) is 0 Å². The lowest BCUT2D eigenvalue weighted by atomic mass is 10.0. The van der Waals surface area contributed by atoms with Crippen molar-refractivity contribution in [2.75, 3.05) is 0 Å². The van der Waals surface area contributed by atoms with E-state index >= 15 is 0 Å². The molecule has 0 aliphatic carbocycles. The number of halogens is 1. The van der Waals surface area contributed by atoms with Gasteiger partial charge in [0.05, 0.1) is 0 Å². The standard InChI is InChI=1S/C17H13ClN2O/c18-16-8-2-5-13-14(16)6-1-7-15(13)17(21)20-11-12-4-3-9-19-10-12/h1-10H,11H2,(H,20,21). The molecule has 0 unspecified atom stereocenters. The fourth-order valence-electron chi connectivity index (χ4n) is 2.25. The maximum absolute atomic E-state index is 12.4. The summed E-state index contributed by atoms with van der Waals surface area (Å²) in [6.07, 6.45) is 3.44. The van der Waals surface area contributed by atoms with Crippen LogP contribution in [0.1, 0.15) is 15.9 Å². The molecule has 0 aliphatic rings. The molecule has 0 atom stereocenters. The van der Waals surface area contributed by atoms with Crippen LogP contribution in [-0.2, 0) is 6.54 Å². The second kappa shape index (κ2) is 5.94. The van der Waals surface area contributed by atoms with Crippen molar-refractivity contribution in [3.05, 3.63) is 77.1 Å². The molecule has 0 spiro atoms. The van der Waals surface area contributed by atoms with Crippen molar-refractivity contribution in [1.82, 2.24) is 10.3 Å². The van der Waals surface area contributed by atoms with Crippen LogP contribution in [0.2, 0.25) is 5.02 Å². The van der Waals surface area contributed by atoms with Crippen molar-refractivity contribution in [2.45, 2.75) is 6.54 Å². The summed E-state index contributed by atoms with van der Waals surface area (Å²) in [4.78, 5) is 16.4. The van der Waals surface area contributed by atoms with E-state index in [9.17, 15) is 4.79 Å². The lowest BCUT2D eigenvalue weighted by molar-refractivity contribution is 0.0952. The molecule has 0 fully saturated rings. The van der Waals surface area contributed by atoms with Crippen LogP contribution in [0.25, 0.3) is 10.8 Å². The van der Waals surface area contributed by atoms with Crippen LogP contribution in [0.15, 0.2) is 60.9 Å². The molecule has 0 aliphatic heterocycles. The first kappa shape index (κ1) is 13.6. The Morgan fingerprint density at radius 2 is 1.86 bits per heavy atom. The van der Waals surface area contributed by atoms with Crippen LogP contribution < -0.4 is 5.32 Å². The minimum absolute atomic E-state index is 0.119. The zero-order chi connectivity index (χ0) is 14.7. The number of hydrogen-bond donors (Lipinski definition) is 1. The molecular formula is C17H13ClN2O. The van der Waals surface area contributed by atoms with Gasteiger partial charge in [0.25, 0.3) is 5.91 Å². The first-order valence-corrected chi connectivity index (χ1v) is 6.98. The number of hydrogen-bond acceptors (Lipinski definition) is 2. The van der Waals surface area contributed by atoms with E-state index in [0.717, 1.165) is 16.3 Å². The number of amides is 1. The Kier molecular flexibility index (Phi) is 3.84. The second-order valence-electron chi connectivity index (χ2n) is 4.68. The lowest BCUT2D eigenvalue weighted by Gasteiger charge is -2.09. The van der Waals surface area contributed by atoms with Crippen LogP contribution in [0.3, 0.4) is 0 Å². The van der Waals surface area contributed by atoms with E-state index in [1.165, 1.54) is 0 Å². The van der Waals surface area contributed by atoms with Crippen LogP contribution in [0.5, 0.6) is 0 Å². The summed E-state index contributed by atoms with van der Waals surface area (Å²) in [5, 5.41) is 5.29. The van der Waals surface area contributed by atoms with Gasteiger partial charge >= 0.3 is 0 Å². The third-order valence-electron chi connectivity index (χ3n) is 3.29. The van der Waals surface area contributed by atoms with Crippen LogP contribution >= 0.6 is 11.6 Å². The number of nitrogens with zero attached hydrogens (tertiary/aromatic N) is 1. The number of benzene rings is 2. The Morgan fingerprint density at radius 1 is 1.05 bits per heavy atom. The molecule has 3 rings (SSSR count). The van der Waals surface area contributed by atoms with E-state index in [0.29, 0.717) is 17.1 Å². The molecule has 1 aromatic heterocycles. The number of nitrogens with one attached hydrogen (secondary N) is 1. The van der Waals surface area contributed by atoms with Gasteiger partial charge in [0.1, 0.15) is 0 Å². The van der Waals surface area contributed by atoms with Gasteiger partial charge in [-0.1, -0.05) is 41.9 Å². The minimum atomic E-state index is -0.119. The molecule has 3 aromatic rings. The molecule has 3 nitrogen and oxygen atoms in total. The Balaban J connectivity index is 1.87. The van der Waals surface area contributed by atoms with Gasteiger partial charge in [0, 0.05) is 34.9 Å². The first-order valence-electron chi connectivity index (χ1n) is 6.60. The molecule has 1 N–H and O–H groups in total. The van der Waals surface area contributed by atoms with E-state index in [-0.39, 0.29) is 5.91 Å². The highest BCUT2D eigenvalue weighted by Gasteiger charge is 2.10. The molecule has 1 amide bonds. The van der Waals surface area contributed by atoms with Crippen molar-refractivity contribution in [3.8, 4) is 0 Å². The largest absolute Gasteiger partial charge is 0.348 e. The van der Waals surface area contributed by atoms with Gasteiger partial charge < -0.3 is 5.32 Å². The van der Waals surface area contributed by atoms with Crippen molar-refractivity contribution in [1.29, 1.82) is 0 Å². The topological polar surface area (TPSA) is 42.0 Å². The predicted molar refractivity (Wildman–Crippen MR) is 84.4 cm³/mol. The quantitative estimate of drug-likeness (QED) is 0.798. The van der Waals surface area contributed by atoms with Crippen LogP contribution in [-0.4, -0.2) is 10.9 Å². The average Bonchev–Trinajstić information content (AvgIpc) is 2.53. The fourth-order valence-corrected chi connectivity index (χ4v) is 2.49.